The summed E-state index contributed by atoms with van der Waals surface area (Å²) >= 11 is 0. The Hall–Kier alpha value is -1.03. The highest BCUT2D eigenvalue weighted by Crippen LogP contribution is 1.85. The molecule has 0 atom stereocenters. The van der Waals surface area contributed by atoms with Crippen LogP contribution in [0.3, 0.4) is 0 Å². The number of hydrogen-bond acceptors (Lipinski definition) is 4. The van der Waals surface area contributed by atoms with Crippen LogP contribution in [0.25, 0.3) is 0 Å². The lowest BCUT2D eigenvalue weighted by molar-refractivity contribution is -0.110. The van der Waals surface area contributed by atoms with E-state index in [1.807, 2.05) is 0 Å². The molecule has 4 nitrogen and oxygen atoms in total. The van der Waals surface area contributed by atoms with Crippen LogP contribution in [0.2, 0.25) is 0 Å². The minimum absolute atomic E-state index is 0.361. The van der Waals surface area contributed by atoms with Gasteiger partial charge in [0.15, 0.2) is 0 Å². The molecule has 0 aliphatic carbocycles. The Labute approximate surface area is 65.2 Å². The zero-order chi connectivity index (χ0) is 8.95. The van der Waals surface area contributed by atoms with Gasteiger partial charge >= 0.3 is 0 Å². The molecule has 0 saturated heterocycles. The number of carbonyl (C=O) groups is 3. The molecular formula is C7H12O4. The van der Waals surface area contributed by atoms with Crippen LogP contribution in [0, 0.1) is 0 Å². The number of aldehydes is 3. The quantitative estimate of drug-likeness (QED) is 0.444. The largest absolute Gasteiger partial charge is 0.389 e. The highest BCUT2D eigenvalue weighted by molar-refractivity contribution is 5.52. The Morgan fingerprint density at radius 3 is 1.45 bits per heavy atom. The maximum Gasteiger partial charge on any atom is 0.145 e. The summed E-state index contributed by atoms with van der Waals surface area (Å²) in [5.74, 6) is 0. The number of unbranched alkanes of at least 4 members (excludes halogenated alkanes) is 2. The molecule has 4 heteroatoms. The summed E-state index contributed by atoms with van der Waals surface area (Å²) in [5, 5.41) is 7.51. The highest BCUT2D eigenvalue weighted by Gasteiger charge is 1.80. The zero-order valence-corrected chi connectivity index (χ0v) is 6.23. The molecule has 0 aromatic carbocycles. The summed E-state index contributed by atoms with van der Waals surface area (Å²) < 4.78 is 0. The third-order valence-electron chi connectivity index (χ3n) is 0.718. The lowest BCUT2D eigenvalue weighted by atomic mass is 10.3. The van der Waals surface area contributed by atoms with Crippen molar-refractivity contribution in [2.75, 3.05) is 6.61 Å². The van der Waals surface area contributed by atoms with Crippen molar-refractivity contribution >= 4 is 18.9 Å². The number of carbonyl (C=O) groups excluding carboxylic acids is 3. The Bertz CT molecular complexity index is 92.6. The van der Waals surface area contributed by atoms with E-state index in [0.29, 0.717) is 25.5 Å². The summed E-state index contributed by atoms with van der Waals surface area (Å²) in [6.07, 6.45) is 3.80. The fourth-order valence-electron chi connectivity index (χ4n) is 0.285. The Balaban J connectivity index is 0. The molecule has 0 bridgehead atoms. The predicted octanol–water partition coefficient (Wildman–Crippen LogP) is -0.268. The van der Waals surface area contributed by atoms with Crippen molar-refractivity contribution in [3.63, 3.8) is 0 Å². The van der Waals surface area contributed by atoms with Gasteiger partial charge in [0, 0.05) is 12.8 Å². The molecule has 0 aliphatic heterocycles. The van der Waals surface area contributed by atoms with Crippen molar-refractivity contribution in [3.05, 3.63) is 0 Å². The van der Waals surface area contributed by atoms with Crippen LogP contribution < -0.4 is 0 Å². The zero-order valence-electron chi connectivity index (χ0n) is 6.23. The molecule has 0 rings (SSSR count). The van der Waals surface area contributed by atoms with E-state index in [-0.39, 0.29) is 6.61 Å². The standard InChI is InChI=1S/C5H8O2.C2H4O2/c6-4-2-1-3-5-7;3-1-2-4/h4-5H,1-3H2;1,4H,2H2. The maximum absolute atomic E-state index is 9.56. The molecule has 0 aromatic heterocycles. The minimum atomic E-state index is -0.361. The number of hydrogen-bond donors (Lipinski definition) is 1. The average molecular weight is 160 g/mol. The molecule has 0 heterocycles. The smallest absolute Gasteiger partial charge is 0.145 e. The third-order valence-corrected chi connectivity index (χ3v) is 0.718. The molecule has 0 saturated carbocycles. The summed E-state index contributed by atoms with van der Waals surface area (Å²) in [6.45, 7) is -0.361. The highest BCUT2D eigenvalue weighted by atomic mass is 16.3. The lowest BCUT2D eigenvalue weighted by Gasteiger charge is -1.78. The van der Waals surface area contributed by atoms with Crippen molar-refractivity contribution in [2.45, 2.75) is 19.3 Å². The second kappa shape index (κ2) is 16.0. The van der Waals surface area contributed by atoms with Gasteiger partial charge in [0.1, 0.15) is 18.9 Å². The molecule has 0 aliphatic rings. The second-order valence-electron chi connectivity index (χ2n) is 1.61. The topological polar surface area (TPSA) is 71.4 Å². The summed E-state index contributed by atoms with van der Waals surface area (Å²) in [7, 11) is 0. The van der Waals surface area contributed by atoms with Crippen molar-refractivity contribution < 1.29 is 19.5 Å². The molecule has 0 aromatic rings. The van der Waals surface area contributed by atoms with Gasteiger partial charge in [-0.15, -0.1) is 0 Å². The molecule has 64 valence electrons. The molecular weight excluding hydrogens is 148 g/mol. The van der Waals surface area contributed by atoms with E-state index in [0.717, 1.165) is 12.6 Å². The van der Waals surface area contributed by atoms with Crippen molar-refractivity contribution in [1.82, 2.24) is 0 Å². The molecule has 0 fully saturated rings. The first-order valence-electron chi connectivity index (χ1n) is 3.25. The van der Waals surface area contributed by atoms with Crippen LogP contribution >= 0.6 is 0 Å². The number of aliphatic hydroxyl groups excluding tert-OH is 1. The van der Waals surface area contributed by atoms with Crippen LogP contribution in [-0.4, -0.2) is 30.6 Å². The van der Waals surface area contributed by atoms with Crippen molar-refractivity contribution in [2.24, 2.45) is 0 Å². The second-order valence-corrected chi connectivity index (χ2v) is 1.61. The summed E-state index contributed by atoms with van der Waals surface area (Å²) in [6, 6.07) is 0. The fraction of sp³-hybridized carbons (Fsp3) is 0.571. The van der Waals surface area contributed by atoms with Crippen LogP contribution in [-0.2, 0) is 14.4 Å². The first-order valence-corrected chi connectivity index (χ1v) is 3.25. The van der Waals surface area contributed by atoms with E-state index in [2.05, 4.69) is 0 Å². The summed E-state index contributed by atoms with van der Waals surface area (Å²) in [4.78, 5) is 28.1. The van der Waals surface area contributed by atoms with Gasteiger partial charge in [-0.3, -0.25) is 0 Å². The van der Waals surface area contributed by atoms with Gasteiger partial charge in [0.25, 0.3) is 0 Å². The monoisotopic (exact) mass is 160 g/mol. The van der Waals surface area contributed by atoms with Gasteiger partial charge in [-0.25, -0.2) is 0 Å². The van der Waals surface area contributed by atoms with Crippen molar-refractivity contribution in [1.29, 1.82) is 0 Å². The van der Waals surface area contributed by atoms with Crippen molar-refractivity contribution in [3.8, 4) is 0 Å². The minimum Gasteiger partial charge on any atom is -0.389 e. The molecule has 1 N–H and O–H groups in total. The van der Waals surface area contributed by atoms with Gasteiger partial charge < -0.3 is 19.5 Å². The molecule has 0 amide bonds. The fourth-order valence-corrected chi connectivity index (χ4v) is 0.285. The maximum atomic E-state index is 9.56. The normalized spacial score (nSPS) is 7.36. The number of aliphatic hydroxyl groups is 1. The van der Waals surface area contributed by atoms with Gasteiger partial charge in [0.05, 0.1) is 6.61 Å². The van der Waals surface area contributed by atoms with E-state index in [4.69, 9.17) is 9.90 Å². The summed E-state index contributed by atoms with van der Waals surface area (Å²) in [5.41, 5.74) is 0. The van der Waals surface area contributed by atoms with E-state index in [1.54, 1.807) is 0 Å². The molecule has 0 radical (unpaired) electrons. The van der Waals surface area contributed by atoms with E-state index < -0.39 is 0 Å². The average Bonchev–Trinajstić information content (AvgIpc) is 2.06. The van der Waals surface area contributed by atoms with Crippen LogP contribution in [0.15, 0.2) is 0 Å². The van der Waals surface area contributed by atoms with E-state index >= 15 is 0 Å². The van der Waals surface area contributed by atoms with Gasteiger partial charge in [0.2, 0.25) is 0 Å². The molecule has 11 heavy (non-hydrogen) atoms. The SMILES string of the molecule is O=CCCCC=O.O=CCO. The number of rotatable bonds is 5. The lowest BCUT2D eigenvalue weighted by Crippen LogP contribution is -1.76. The van der Waals surface area contributed by atoms with E-state index in [1.165, 1.54) is 0 Å². The van der Waals surface area contributed by atoms with Gasteiger partial charge in [-0.05, 0) is 6.42 Å². The van der Waals surface area contributed by atoms with Gasteiger partial charge in [-0.2, -0.15) is 0 Å². The molecule has 0 spiro atoms. The third kappa shape index (κ3) is 27.6. The van der Waals surface area contributed by atoms with Crippen LogP contribution in [0.5, 0.6) is 0 Å². The Kier molecular flexibility index (Phi) is 18.4. The first kappa shape index (κ1) is 12.6. The first-order chi connectivity index (χ1) is 5.33. The predicted molar refractivity (Wildman–Crippen MR) is 39.1 cm³/mol. The van der Waals surface area contributed by atoms with Crippen LogP contribution in [0.4, 0.5) is 0 Å². The van der Waals surface area contributed by atoms with Crippen LogP contribution in [0.1, 0.15) is 19.3 Å². The Morgan fingerprint density at radius 2 is 1.27 bits per heavy atom. The van der Waals surface area contributed by atoms with Gasteiger partial charge in [-0.1, -0.05) is 0 Å². The molecule has 0 unspecified atom stereocenters. The Morgan fingerprint density at radius 1 is 0.909 bits per heavy atom. The van der Waals surface area contributed by atoms with E-state index in [9.17, 15) is 9.59 Å².